The minimum atomic E-state index is -4.44. The van der Waals surface area contributed by atoms with E-state index in [2.05, 4.69) is 10.3 Å². The molecule has 0 atom stereocenters. The highest BCUT2D eigenvalue weighted by Crippen LogP contribution is 2.31. The highest BCUT2D eigenvalue weighted by Gasteiger charge is 2.30. The molecule has 0 radical (unpaired) electrons. The van der Waals surface area contributed by atoms with Crippen molar-refractivity contribution < 1.29 is 18.0 Å². The van der Waals surface area contributed by atoms with Crippen molar-refractivity contribution in [1.82, 2.24) is 4.98 Å². The third-order valence-electron chi connectivity index (χ3n) is 3.63. The van der Waals surface area contributed by atoms with Gasteiger partial charge >= 0.3 is 6.18 Å². The number of hydrogen-bond acceptors (Lipinski definition) is 4. The molecule has 0 aliphatic carbocycles. The van der Waals surface area contributed by atoms with Gasteiger partial charge < -0.3 is 5.32 Å². The molecule has 1 heterocycles. The Hall–Kier alpha value is -2.32. The van der Waals surface area contributed by atoms with Crippen LogP contribution < -0.4 is 5.32 Å². The molecule has 3 rings (SSSR count). The van der Waals surface area contributed by atoms with Crippen molar-refractivity contribution in [3.63, 3.8) is 0 Å². The van der Waals surface area contributed by atoms with Crippen molar-refractivity contribution in [2.45, 2.75) is 17.4 Å². The lowest BCUT2D eigenvalue weighted by Crippen LogP contribution is -2.15. The Morgan fingerprint density at radius 2 is 1.93 bits per heavy atom. The SMILES string of the molecule is Cc1ccc(-c2csc(SCC(=O)Nc3cccc(C(F)(F)F)c3)n2)cc1. The quantitative estimate of drug-likeness (QED) is 0.537. The summed E-state index contributed by atoms with van der Waals surface area (Å²) in [6.07, 6.45) is -4.44. The summed E-state index contributed by atoms with van der Waals surface area (Å²) in [5.41, 5.74) is 2.32. The van der Waals surface area contributed by atoms with Gasteiger partial charge in [-0.2, -0.15) is 13.2 Å². The number of aryl methyl sites for hydroxylation is 1. The number of amides is 1. The second-order valence-corrected chi connectivity index (χ2v) is 7.86. The Morgan fingerprint density at radius 3 is 2.63 bits per heavy atom. The van der Waals surface area contributed by atoms with Gasteiger partial charge in [-0.3, -0.25) is 4.79 Å². The van der Waals surface area contributed by atoms with E-state index in [9.17, 15) is 18.0 Å². The summed E-state index contributed by atoms with van der Waals surface area (Å²) in [5.74, 6) is -0.316. The summed E-state index contributed by atoms with van der Waals surface area (Å²) in [6.45, 7) is 2.01. The number of thiazole rings is 1. The van der Waals surface area contributed by atoms with Gasteiger partial charge in [-0.05, 0) is 25.1 Å². The summed E-state index contributed by atoms with van der Waals surface area (Å²) < 4.78 is 38.9. The number of carbonyl (C=O) groups is 1. The average Bonchev–Trinajstić information content (AvgIpc) is 3.09. The van der Waals surface area contributed by atoms with Crippen LogP contribution >= 0.6 is 23.1 Å². The van der Waals surface area contributed by atoms with Crippen LogP contribution in [0.4, 0.5) is 18.9 Å². The van der Waals surface area contributed by atoms with Gasteiger partial charge in [0, 0.05) is 16.6 Å². The number of halogens is 3. The average molecular weight is 408 g/mol. The van der Waals surface area contributed by atoms with Crippen LogP contribution in [0.5, 0.6) is 0 Å². The van der Waals surface area contributed by atoms with Crippen molar-refractivity contribution in [3.05, 3.63) is 65.0 Å². The van der Waals surface area contributed by atoms with Gasteiger partial charge in [-0.25, -0.2) is 4.98 Å². The maximum atomic E-state index is 12.7. The van der Waals surface area contributed by atoms with Crippen LogP contribution in [0.2, 0.25) is 0 Å². The van der Waals surface area contributed by atoms with Crippen LogP contribution in [0.1, 0.15) is 11.1 Å². The molecule has 0 spiro atoms. The Labute approximate surface area is 162 Å². The largest absolute Gasteiger partial charge is 0.416 e. The molecule has 2 aromatic carbocycles. The molecule has 0 fully saturated rings. The number of rotatable bonds is 5. The van der Waals surface area contributed by atoms with E-state index < -0.39 is 11.7 Å². The van der Waals surface area contributed by atoms with Gasteiger partial charge in [0.15, 0.2) is 4.34 Å². The summed E-state index contributed by atoms with van der Waals surface area (Å²) >= 11 is 2.68. The molecule has 140 valence electrons. The van der Waals surface area contributed by atoms with Crippen molar-refractivity contribution in [2.24, 2.45) is 0 Å². The molecule has 0 saturated carbocycles. The molecule has 3 aromatic rings. The fraction of sp³-hybridized carbons (Fsp3) is 0.158. The third kappa shape index (κ3) is 5.33. The first-order valence-electron chi connectivity index (χ1n) is 7.94. The van der Waals surface area contributed by atoms with Crippen LogP contribution in [0, 0.1) is 6.92 Å². The molecule has 1 N–H and O–H groups in total. The fourth-order valence-electron chi connectivity index (χ4n) is 2.28. The highest BCUT2D eigenvalue weighted by molar-refractivity contribution is 8.01. The first-order valence-corrected chi connectivity index (χ1v) is 9.80. The topological polar surface area (TPSA) is 42.0 Å². The minimum Gasteiger partial charge on any atom is -0.325 e. The smallest absolute Gasteiger partial charge is 0.325 e. The fourth-order valence-corrected chi connectivity index (χ4v) is 3.91. The van der Waals surface area contributed by atoms with Crippen molar-refractivity contribution in [2.75, 3.05) is 11.1 Å². The van der Waals surface area contributed by atoms with Crippen molar-refractivity contribution >= 4 is 34.7 Å². The molecule has 1 aromatic heterocycles. The van der Waals surface area contributed by atoms with Crippen LogP contribution in [0.15, 0.2) is 58.3 Å². The summed E-state index contributed by atoms with van der Waals surface area (Å²) in [4.78, 5) is 16.5. The standard InChI is InChI=1S/C19H15F3N2OS2/c1-12-5-7-13(8-6-12)16-10-26-18(24-16)27-11-17(25)23-15-4-2-3-14(9-15)19(20,21)22/h2-10H,11H2,1H3,(H,23,25). The Kier molecular flexibility index (Phi) is 5.86. The second-order valence-electron chi connectivity index (χ2n) is 5.78. The molecule has 1 amide bonds. The first kappa shape index (κ1) is 19.4. The van der Waals surface area contributed by atoms with E-state index >= 15 is 0 Å². The second kappa shape index (κ2) is 8.14. The molecular weight excluding hydrogens is 393 g/mol. The Bertz CT molecular complexity index is 937. The first-order chi connectivity index (χ1) is 12.8. The van der Waals surface area contributed by atoms with Crippen molar-refractivity contribution in [3.8, 4) is 11.3 Å². The predicted octanol–water partition coefficient (Wildman–Crippen LogP) is 5.87. The molecule has 3 nitrogen and oxygen atoms in total. The van der Waals surface area contributed by atoms with E-state index in [0.717, 1.165) is 33.3 Å². The number of aromatic nitrogens is 1. The zero-order valence-corrected chi connectivity index (χ0v) is 15.8. The lowest BCUT2D eigenvalue weighted by Gasteiger charge is -2.09. The number of benzene rings is 2. The lowest BCUT2D eigenvalue weighted by molar-refractivity contribution is -0.137. The summed E-state index contributed by atoms with van der Waals surface area (Å²) in [7, 11) is 0. The molecule has 27 heavy (non-hydrogen) atoms. The maximum absolute atomic E-state index is 12.7. The van der Waals surface area contributed by atoms with E-state index in [1.54, 1.807) is 0 Å². The number of hydrogen-bond donors (Lipinski definition) is 1. The molecule has 8 heteroatoms. The van der Waals surface area contributed by atoms with E-state index in [-0.39, 0.29) is 17.3 Å². The van der Waals surface area contributed by atoms with E-state index in [1.807, 2.05) is 36.6 Å². The molecule has 0 saturated heterocycles. The van der Waals surface area contributed by atoms with Gasteiger partial charge in [-0.15, -0.1) is 11.3 Å². The summed E-state index contributed by atoms with van der Waals surface area (Å²) in [6, 6.07) is 12.6. The van der Waals surface area contributed by atoms with Crippen LogP contribution in [0.3, 0.4) is 0 Å². The van der Waals surface area contributed by atoms with Crippen LogP contribution in [0.25, 0.3) is 11.3 Å². The Morgan fingerprint density at radius 1 is 1.19 bits per heavy atom. The molecule has 0 bridgehead atoms. The normalized spacial score (nSPS) is 11.4. The van der Waals surface area contributed by atoms with Gasteiger partial charge in [0.2, 0.25) is 5.91 Å². The highest BCUT2D eigenvalue weighted by atomic mass is 32.2. The zero-order valence-electron chi connectivity index (χ0n) is 14.2. The molecular formula is C19H15F3N2OS2. The number of thioether (sulfide) groups is 1. The van der Waals surface area contributed by atoms with E-state index in [4.69, 9.17) is 0 Å². The lowest BCUT2D eigenvalue weighted by atomic mass is 10.1. The van der Waals surface area contributed by atoms with E-state index in [0.29, 0.717) is 0 Å². The van der Waals surface area contributed by atoms with Gasteiger partial charge in [0.25, 0.3) is 0 Å². The molecule has 0 aliphatic heterocycles. The predicted molar refractivity (Wildman–Crippen MR) is 103 cm³/mol. The zero-order chi connectivity index (χ0) is 19.4. The van der Waals surface area contributed by atoms with Crippen LogP contribution in [-0.4, -0.2) is 16.6 Å². The number of nitrogens with zero attached hydrogens (tertiary/aromatic N) is 1. The minimum absolute atomic E-state index is 0.0666. The number of anilines is 1. The van der Waals surface area contributed by atoms with Gasteiger partial charge in [-0.1, -0.05) is 47.7 Å². The maximum Gasteiger partial charge on any atom is 0.416 e. The monoisotopic (exact) mass is 408 g/mol. The number of carbonyl (C=O) groups excluding carboxylic acids is 1. The van der Waals surface area contributed by atoms with Crippen molar-refractivity contribution in [1.29, 1.82) is 0 Å². The van der Waals surface area contributed by atoms with Gasteiger partial charge in [0.1, 0.15) is 0 Å². The molecule has 0 unspecified atom stereocenters. The van der Waals surface area contributed by atoms with Gasteiger partial charge in [0.05, 0.1) is 17.0 Å². The summed E-state index contributed by atoms with van der Waals surface area (Å²) in [5, 5.41) is 4.40. The Balaban J connectivity index is 1.58. The number of alkyl halides is 3. The molecule has 0 aliphatic rings. The number of nitrogens with one attached hydrogen (secondary N) is 1. The van der Waals surface area contributed by atoms with Crippen LogP contribution in [-0.2, 0) is 11.0 Å². The van der Waals surface area contributed by atoms with E-state index in [1.165, 1.54) is 35.2 Å². The third-order valence-corrected chi connectivity index (χ3v) is 5.65.